The minimum atomic E-state index is -4.84. The molecule has 3 aliphatic heterocycles. The van der Waals surface area contributed by atoms with Gasteiger partial charge in [0.2, 0.25) is 5.91 Å². The van der Waals surface area contributed by atoms with E-state index in [0.29, 0.717) is 24.4 Å². The second-order valence-electron chi connectivity index (χ2n) is 6.32. The highest BCUT2D eigenvalue weighted by atomic mass is 32.3. The number of nitrogens with zero attached hydrogens (tertiary/aromatic N) is 2. The summed E-state index contributed by atoms with van der Waals surface area (Å²) in [4.78, 5) is 42.0. The third kappa shape index (κ3) is 3.88. The van der Waals surface area contributed by atoms with Gasteiger partial charge in [-0.05, 0) is 12.8 Å². The van der Waals surface area contributed by atoms with Crippen LogP contribution in [0.25, 0.3) is 0 Å². The maximum absolute atomic E-state index is 12.3. The number of nitrogens with one attached hydrogen (secondary N) is 2. The smallest absolute Gasteiger partial charge is 0.368 e. The Morgan fingerprint density at radius 1 is 1.35 bits per heavy atom. The van der Waals surface area contributed by atoms with E-state index >= 15 is 0 Å². The third-order valence-electron chi connectivity index (χ3n) is 4.56. The molecule has 0 aromatic heterocycles. The van der Waals surface area contributed by atoms with E-state index in [-0.39, 0.29) is 13.0 Å². The SMILES string of the molecule is NC(=O)C1CC(ONC(=O)C2CCC3CN2C(=O)N3OS(=O)(=O)O)CN1. The Morgan fingerprint density at radius 2 is 2.08 bits per heavy atom. The molecule has 0 spiro atoms. The first kappa shape index (κ1) is 18.8. The van der Waals surface area contributed by atoms with Gasteiger partial charge >= 0.3 is 16.4 Å². The maximum atomic E-state index is 12.3. The Labute approximate surface area is 148 Å². The molecule has 0 aromatic rings. The van der Waals surface area contributed by atoms with Crippen LogP contribution in [0.15, 0.2) is 0 Å². The van der Waals surface area contributed by atoms with Crippen molar-refractivity contribution in [3.63, 3.8) is 0 Å². The Hall–Kier alpha value is -2.00. The molecular formula is C12H19N5O8S. The first-order valence-corrected chi connectivity index (χ1v) is 9.27. The standard InChI is InChI=1S/C12H19N5O8S/c13-10(18)8-3-7(4-14-8)24-15-11(19)9-2-1-6-5-16(9)12(20)17(6)25-26(21,22)23/h6-9,14H,1-5H2,(H2,13,18)(H,15,19)(H,21,22,23). The summed E-state index contributed by atoms with van der Waals surface area (Å²) in [6, 6.07) is -2.81. The molecule has 146 valence electrons. The number of amides is 4. The van der Waals surface area contributed by atoms with Crippen LogP contribution in [0.4, 0.5) is 4.79 Å². The summed E-state index contributed by atoms with van der Waals surface area (Å²) in [6.45, 7) is 0.417. The molecule has 13 nitrogen and oxygen atoms in total. The summed E-state index contributed by atoms with van der Waals surface area (Å²) in [7, 11) is -4.84. The maximum Gasteiger partial charge on any atom is 0.418 e. The lowest BCUT2D eigenvalue weighted by Gasteiger charge is -2.29. The number of hydrogen-bond acceptors (Lipinski definition) is 8. The number of hydroxylamine groups is 3. The minimum absolute atomic E-state index is 0.0845. The van der Waals surface area contributed by atoms with Crippen molar-refractivity contribution in [3.05, 3.63) is 0 Å². The van der Waals surface area contributed by atoms with Gasteiger partial charge in [0, 0.05) is 19.5 Å². The van der Waals surface area contributed by atoms with Crippen LogP contribution in [0.5, 0.6) is 0 Å². The van der Waals surface area contributed by atoms with Gasteiger partial charge in [0.1, 0.15) is 6.04 Å². The van der Waals surface area contributed by atoms with E-state index in [4.69, 9.17) is 15.1 Å². The van der Waals surface area contributed by atoms with E-state index in [0.717, 1.165) is 4.90 Å². The molecule has 5 N–H and O–H groups in total. The zero-order valence-electron chi connectivity index (χ0n) is 13.5. The summed E-state index contributed by atoms with van der Waals surface area (Å²) in [5.74, 6) is -1.09. The average Bonchev–Trinajstić information content (AvgIpc) is 3.12. The van der Waals surface area contributed by atoms with Crippen molar-refractivity contribution in [2.75, 3.05) is 13.1 Å². The molecule has 0 saturated carbocycles. The lowest BCUT2D eigenvalue weighted by Crippen LogP contribution is -2.50. The molecule has 26 heavy (non-hydrogen) atoms. The molecule has 3 aliphatic rings. The molecular weight excluding hydrogens is 374 g/mol. The van der Waals surface area contributed by atoms with Crippen LogP contribution < -0.4 is 16.5 Å². The van der Waals surface area contributed by atoms with Gasteiger partial charge in [-0.1, -0.05) is 0 Å². The van der Waals surface area contributed by atoms with Crippen molar-refractivity contribution >= 4 is 28.2 Å². The molecule has 0 aliphatic carbocycles. The summed E-state index contributed by atoms with van der Waals surface area (Å²) in [5.41, 5.74) is 7.45. The zero-order valence-corrected chi connectivity index (χ0v) is 14.3. The van der Waals surface area contributed by atoms with E-state index < -0.39 is 52.5 Å². The van der Waals surface area contributed by atoms with Crippen molar-refractivity contribution < 1.29 is 36.5 Å². The third-order valence-corrected chi connectivity index (χ3v) is 4.91. The largest absolute Gasteiger partial charge is 0.418 e. The minimum Gasteiger partial charge on any atom is -0.368 e. The highest BCUT2D eigenvalue weighted by Gasteiger charge is 2.49. The molecule has 0 aromatic carbocycles. The van der Waals surface area contributed by atoms with Crippen molar-refractivity contribution in [2.24, 2.45) is 5.73 Å². The number of piperidine rings is 1. The van der Waals surface area contributed by atoms with Gasteiger partial charge in [0.15, 0.2) is 0 Å². The van der Waals surface area contributed by atoms with Crippen LogP contribution in [0.3, 0.4) is 0 Å². The highest BCUT2D eigenvalue weighted by Crippen LogP contribution is 2.30. The van der Waals surface area contributed by atoms with E-state index in [2.05, 4.69) is 15.1 Å². The second kappa shape index (κ2) is 6.96. The van der Waals surface area contributed by atoms with Crippen molar-refractivity contribution in [2.45, 2.75) is 43.5 Å². The van der Waals surface area contributed by atoms with Crippen LogP contribution >= 0.6 is 0 Å². The van der Waals surface area contributed by atoms with Gasteiger partial charge < -0.3 is 16.0 Å². The number of urea groups is 1. The summed E-state index contributed by atoms with van der Waals surface area (Å²) >= 11 is 0. The molecule has 14 heteroatoms. The number of nitrogens with two attached hydrogens (primary N) is 1. The molecule has 3 saturated heterocycles. The van der Waals surface area contributed by atoms with Gasteiger partial charge in [0.25, 0.3) is 5.91 Å². The summed E-state index contributed by atoms with van der Waals surface area (Å²) in [5, 5.41) is 3.41. The molecule has 4 atom stereocenters. The second-order valence-corrected chi connectivity index (χ2v) is 7.32. The van der Waals surface area contributed by atoms with E-state index in [9.17, 15) is 22.8 Å². The van der Waals surface area contributed by atoms with E-state index in [1.54, 1.807) is 0 Å². The fraction of sp³-hybridized carbons (Fsp3) is 0.750. The molecule has 3 heterocycles. The molecule has 4 unspecified atom stereocenters. The predicted molar refractivity (Wildman–Crippen MR) is 82.0 cm³/mol. The van der Waals surface area contributed by atoms with Crippen LogP contribution in [-0.4, -0.2) is 78.1 Å². The van der Waals surface area contributed by atoms with Crippen LogP contribution in [0, 0.1) is 0 Å². The Kier molecular flexibility index (Phi) is 5.03. The normalized spacial score (nSPS) is 31.3. The van der Waals surface area contributed by atoms with Gasteiger partial charge in [-0.2, -0.15) is 13.5 Å². The number of primary amides is 1. The number of rotatable bonds is 6. The average molecular weight is 393 g/mol. The molecule has 0 radical (unpaired) electrons. The highest BCUT2D eigenvalue weighted by molar-refractivity contribution is 7.80. The Balaban J connectivity index is 1.55. The van der Waals surface area contributed by atoms with Crippen molar-refractivity contribution in [1.29, 1.82) is 0 Å². The van der Waals surface area contributed by atoms with E-state index in [1.807, 2.05) is 0 Å². The number of fused-ring (bicyclic) bond motifs is 2. The van der Waals surface area contributed by atoms with Crippen LogP contribution in [-0.2, 0) is 29.1 Å². The van der Waals surface area contributed by atoms with E-state index in [1.165, 1.54) is 0 Å². The fourth-order valence-electron chi connectivity index (χ4n) is 3.32. The first-order valence-electron chi connectivity index (χ1n) is 7.90. The molecule has 3 rings (SSSR count). The van der Waals surface area contributed by atoms with Gasteiger partial charge in [-0.3, -0.25) is 19.0 Å². The fourth-order valence-corrected chi connectivity index (χ4v) is 3.71. The van der Waals surface area contributed by atoms with Crippen molar-refractivity contribution in [3.8, 4) is 0 Å². The molecule has 2 bridgehead atoms. The Bertz CT molecular complexity index is 714. The van der Waals surface area contributed by atoms with Gasteiger partial charge in [0.05, 0.1) is 18.2 Å². The van der Waals surface area contributed by atoms with Crippen molar-refractivity contribution in [1.82, 2.24) is 20.8 Å². The van der Waals surface area contributed by atoms with Gasteiger partial charge in [-0.25, -0.2) is 10.3 Å². The lowest BCUT2D eigenvalue weighted by molar-refractivity contribution is -0.143. The summed E-state index contributed by atoms with van der Waals surface area (Å²) < 4.78 is 34.7. The summed E-state index contributed by atoms with van der Waals surface area (Å²) in [6.07, 6.45) is 0.441. The predicted octanol–water partition coefficient (Wildman–Crippen LogP) is -2.75. The quantitative estimate of drug-likeness (QED) is 0.275. The van der Waals surface area contributed by atoms with Gasteiger partial charge in [-0.15, -0.1) is 4.28 Å². The number of carbonyl (C=O) groups is 3. The number of carbonyl (C=O) groups excluding carboxylic acids is 3. The monoisotopic (exact) mass is 393 g/mol. The number of hydrogen-bond donors (Lipinski definition) is 4. The first-order chi connectivity index (χ1) is 12.2. The molecule has 4 amide bonds. The van der Waals surface area contributed by atoms with Crippen LogP contribution in [0.1, 0.15) is 19.3 Å². The lowest BCUT2D eigenvalue weighted by atomic mass is 10.0. The Morgan fingerprint density at radius 3 is 2.69 bits per heavy atom. The molecule has 3 fully saturated rings. The van der Waals surface area contributed by atoms with Crippen LogP contribution in [0.2, 0.25) is 0 Å². The topological polar surface area (TPSA) is 181 Å². The zero-order chi connectivity index (χ0) is 19.1.